The topological polar surface area (TPSA) is 151 Å². The van der Waals surface area contributed by atoms with Gasteiger partial charge in [0.15, 0.2) is 11.6 Å². The molecule has 5 heterocycles. The summed E-state index contributed by atoms with van der Waals surface area (Å²) in [5.74, 6) is -0.353. The molecule has 3 fully saturated rings. The van der Waals surface area contributed by atoms with E-state index in [1.807, 2.05) is 9.80 Å². The smallest absolute Gasteiger partial charge is 0.384 e. The van der Waals surface area contributed by atoms with Crippen LogP contribution in [0.25, 0.3) is 11.4 Å². The van der Waals surface area contributed by atoms with E-state index < -0.39 is 11.7 Å². The van der Waals surface area contributed by atoms with Gasteiger partial charge in [-0.1, -0.05) is 6.08 Å². The van der Waals surface area contributed by atoms with Gasteiger partial charge in [0.1, 0.15) is 5.82 Å². The molecule has 248 valence electrons. The Labute approximate surface area is 264 Å². The zero-order valence-corrected chi connectivity index (χ0v) is 25.7. The van der Waals surface area contributed by atoms with E-state index >= 15 is 0 Å². The van der Waals surface area contributed by atoms with Crippen LogP contribution < -0.4 is 15.5 Å². The largest absolute Gasteiger partial charge is 0.417 e. The predicted molar refractivity (Wildman–Crippen MR) is 163 cm³/mol. The van der Waals surface area contributed by atoms with Gasteiger partial charge in [-0.2, -0.15) is 28.1 Å². The first kappa shape index (κ1) is 33.0. The van der Waals surface area contributed by atoms with Gasteiger partial charge in [0, 0.05) is 77.3 Å². The molecule has 2 aromatic heterocycles. The van der Waals surface area contributed by atoms with E-state index in [2.05, 4.69) is 19.9 Å². The van der Waals surface area contributed by atoms with E-state index in [1.54, 1.807) is 22.8 Å². The summed E-state index contributed by atoms with van der Waals surface area (Å²) >= 11 is 0. The molecular weight excluding hydrogens is 607 g/mol. The number of likely N-dealkylation sites (tertiary alicyclic amines) is 1. The predicted octanol–water partition coefficient (Wildman–Crippen LogP) is 2.18. The van der Waals surface area contributed by atoms with Crippen molar-refractivity contribution >= 4 is 35.3 Å². The molecule has 0 unspecified atom stereocenters. The van der Waals surface area contributed by atoms with Crippen LogP contribution in [-0.4, -0.2) is 113 Å². The normalized spacial score (nSPS) is 18.3. The molecule has 46 heavy (non-hydrogen) atoms. The Kier molecular flexibility index (Phi) is 10.3. The molecule has 0 saturated carbocycles. The lowest BCUT2D eigenvalue weighted by molar-refractivity contribution is -0.141. The number of hydrogen-bond acceptors (Lipinski definition) is 11. The molecule has 2 amide bonds. The first-order valence-corrected chi connectivity index (χ1v) is 15.4. The van der Waals surface area contributed by atoms with Crippen LogP contribution in [0.3, 0.4) is 0 Å². The van der Waals surface area contributed by atoms with E-state index in [1.165, 1.54) is 6.08 Å². The van der Waals surface area contributed by atoms with Gasteiger partial charge in [-0.05, 0) is 31.9 Å². The number of alkyl halides is 3. The number of carbonyl (C=O) groups excluding carboxylic acids is 3. The molecule has 0 radical (unpaired) electrons. The minimum Gasteiger partial charge on any atom is -0.384 e. The van der Waals surface area contributed by atoms with Crippen LogP contribution in [0, 0.1) is 5.92 Å². The molecule has 0 spiro atoms. The number of morpholine rings is 1. The molecule has 2 aromatic rings. The van der Waals surface area contributed by atoms with Crippen molar-refractivity contribution in [3.8, 4) is 11.4 Å². The highest BCUT2D eigenvalue weighted by Gasteiger charge is 2.36. The molecular formula is C30H38F3N9O4. The Morgan fingerprint density at radius 1 is 0.913 bits per heavy atom. The van der Waals surface area contributed by atoms with Crippen molar-refractivity contribution in [3.63, 3.8) is 0 Å². The van der Waals surface area contributed by atoms with Crippen LogP contribution in [0.2, 0.25) is 0 Å². The van der Waals surface area contributed by atoms with E-state index in [9.17, 15) is 27.6 Å². The number of nitrogen functional groups attached to an aromatic ring is 1. The van der Waals surface area contributed by atoms with Crippen LogP contribution in [-0.2, 0) is 25.3 Å². The van der Waals surface area contributed by atoms with E-state index in [0.29, 0.717) is 78.4 Å². The molecule has 2 N–H and O–H groups in total. The number of amides is 2. The summed E-state index contributed by atoms with van der Waals surface area (Å²) in [5, 5.41) is 0. The van der Waals surface area contributed by atoms with Crippen LogP contribution in [0.4, 0.5) is 30.9 Å². The van der Waals surface area contributed by atoms with Gasteiger partial charge >= 0.3 is 6.18 Å². The zero-order valence-electron chi connectivity index (χ0n) is 25.7. The Balaban J connectivity index is 1.25. The minimum absolute atomic E-state index is 0.0168. The highest BCUT2D eigenvalue weighted by Crippen LogP contribution is 2.37. The van der Waals surface area contributed by atoms with Gasteiger partial charge in [-0.3, -0.25) is 14.4 Å². The first-order valence-electron chi connectivity index (χ1n) is 15.4. The molecule has 3 saturated heterocycles. The number of pyridine rings is 1. The Hall–Kier alpha value is -4.34. The van der Waals surface area contributed by atoms with Crippen LogP contribution >= 0.6 is 0 Å². The summed E-state index contributed by atoms with van der Waals surface area (Å²) in [5.41, 5.74) is 4.29. The number of rotatable bonds is 8. The third kappa shape index (κ3) is 7.89. The number of ketones is 1. The summed E-state index contributed by atoms with van der Waals surface area (Å²) in [7, 11) is 0. The lowest BCUT2D eigenvalue weighted by Crippen LogP contribution is -2.52. The summed E-state index contributed by atoms with van der Waals surface area (Å²) in [6.45, 7) is 6.00. The van der Waals surface area contributed by atoms with Crippen molar-refractivity contribution in [2.24, 2.45) is 5.92 Å². The maximum absolute atomic E-state index is 14.0. The fourth-order valence-electron chi connectivity index (χ4n) is 5.82. The molecule has 0 atom stereocenters. The van der Waals surface area contributed by atoms with Crippen LogP contribution in [0.5, 0.6) is 0 Å². The van der Waals surface area contributed by atoms with Crippen molar-refractivity contribution < 1.29 is 32.3 Å². The van der Waals surface area contributed by atoms with Crippen molar-refractivity contribution in [2.45, 2.75) is 38.8 Å². The number of aromatic nitrogens is 4. The number of allylic oxidation sites excluding steroid dienone is 2. The number of carbonyl (C=O) groups is 3. The number of piperazine rings is 1. The highest BCUT2D eigenvalue weighted by molar-refractivity contribution is 5.92. The Morgan fingerprint density at radius 2 is 1.54 bits per heavy atom. The van der Waals surface area contributed by atoms with E-state index in [-0.39, 0.29) is 65.5 Å². The lowest BCUT2D eigenvalue weighted by atomic mass is 9.94. The highest BCUT2D eigenvalue weighted by atomic mass is 19.4. The van der Waals surface area contributed by atoms with Gasteiger partial charge in [0.05, 0.1) is 24.3 Å². The maximum atomic E-state index is 14.0. The van der Waals surface area contributed by atoms with Crippen molar-refractivity contribution in [2.75, 3.05) is 81.1 Å². The number of nitrogens with zero attached hydrogens (tertiary/aromatic N) is 8. The second-order valence-corrected chi connectivity index (χ2v) is 11.4. The number of nitrogens with two attached hydrogens (primary N) is 1. The van der Waals surface area contributed by atoms with Gasteiger partial charge in [-0.15, -0.1) is 0 Å². The van der Waals surface area contributed by atoms with Gasteiger partial charge in [0.2, 0.25) is 23.7 Å². The standard InChI is InChI=1S/C30H38F3N9O4/c1-2-3-21(43)4-5-25(44)39-8-6-20(7-9-39)27(45)40-10-12-41(13-11-40)28-36-26(37-29(38-28)42-14-16-46-17-15-42)22-19-35-24(34)18-23(22)30(31,32)33/h2-3,18-20H,4-17H2,1H3,(H2,34,35)/b3-2+. The number of ether oxygens (including phenoxy) is 1. The molecule has 13 nitrogen and oxygen atoms in total. The lowest BCUT2D eigenvalue weighted by Gasteiger charge is -2.38. The van der Waals surface area contributed by atoms with E-state index in [0.717, 1.165) is 12.3 Å². The average molecular weight is 646 g/mol. The van der Waals surface area contributed by atoms with Crippen molar-refractivity contribution in [3.05, 3.63) is 30.0 Å². The summed E-state index contributed by atoms with van der Waals surface area (Å²) in [6.07, 6.45) is 0.848. The maximum Gasteiger partial charge on any atom is 0.417 e. The number of halogens is 3. The monoisotopic (exact) mass is 645 g/mol. The quantitative estimate of drug-likeness (QED) is 0.421. The fraction of sp³-hybridized carbons (Fsp3) is 0.567. The fourth-order valence-corrected chi connectivity index (χ4v) is 5.82. The number of hydrogen-bond donors (Lipinski definition) is 1. The third-order valence-corrected chi connectivity index (χ3v) is 8.39. The molecule has 0 bridgehead atoms. The van der Waals surface area contributed by atoms with E-state index in [4.69, 9.17) is 10.5 Å². The molecule has 0 aromatic carbocycles. The summed E-state index contributed by atoms with van der Waals surface area (Å²) < 4.78 is 47.4. The van der Waals surface area contributed by atoms with Crippen molar-refractivity contribution in [1.82, 2.24) is 29.7 Å². The van der Waals surface area contributed by atoms with Gasteiger partial charge in [-0.25, -0.2) is 4.98 Å². The molecule has 3 aliphatic heterocycles. The number of piperidine rings is 1. The Bertz CT molecular complexity index is 1450. The van der Waals surface area contributed by atoms with Gasteiger partial charge < -0.3 is 30.1 Å². The summed E-state index contributed by atoms with van der Waals surface area (Å²) in [6, 6.07) is 0.768. The second kappa shape index (κ2) is 14.4. The van der Waals surface area contributed by atoms with Crippen molar-refractivity contribution in [1.29, 1.82) is 0 Å². The molecule has 3 aliphatic rings. The molecule has 5 rings (SSSR count). The van der Waals surface area contributed by atoms with Crippen LogP contribution in [0.15, 0.2) is 24.4 Å². The molecule has 0 aliphatic carbocycles. The third-order valence-electron chi connectivity index (χ3n) is 8.39. The average Bonchev–Trinajstić information content (AvgIpc) is 3.07. The summed E-state index contributed by atoms with van der Waals surface area (Å²) in [4.78, 5) is 62.2. The molecule has 16 heteroatoms. The number of anilines is 3. The second-order valence-electron chi connectivity index (χ2n) is 11.4. The Morgan fingerprint density at radius 3 is 2.15 bits per heavy atom. The SMILES string of the molecule is C/C=C/C(=O)CCC(=O)N1CCC(C(=O)N2CCN(c3nc(-c4cnc(N)cc4C(F)(F)F)nc(N4CCOCC4)n3)CC2)CC1. The van der Waals surface area contributed by atoms with Crippen LogP contribution in [0.1, 0.15) is 38.2 Å². The minimum atomic E-state index is -4.71. The first-order chi connectivity index (χ1) is 22.0. The zero-order chi connectivity index (χ0) is 32.8. The van der Waals surface area contributed by atoms with Gasteiger partial charge in [0.25, 0.3) is 0 Å².